The van der Waals surface area contributed by atoms with E-state index in [1.807, 2.05) is 12.1 Å². The van der Waals surface area contributed by atoms with Crippen molar-refractivity contribution >= 4 is 28.9 Å². The van der Waals surface area contributed by atoms with Gasteiger partial charge in [-0.15, -0.1) is 0 Å². The smallest absolute Gasteiger partial charge is 0.123 e. The Morgan fingerprint density at radius 3 is 2.64 bits per heavy atom. The van der Waals surface area contributed by atoms with Gasteiger partial charge >= 0.3 is 0 Å². The van der Waals surface area contributed by atoms with Crippen LogP contribution in [0.3, 0.4) is 0 Å². The van der Waals surface area contributed by atoms with Crippen LogP contribution in [-0.2, 0) is 0 Å². The summed E-state index contributed by atoms with van der Waals surface area (Å²) in [5.74, 6) is 1.39. The van der Waals surface area contributed by atoms with Crippen molar-refractivity contribution in [2.24, 2.45) is 0 Å². The summed E-state index contributed by atoms with van der Waals surface area (Å²) in [5.41, 5.74) is 3.25. The van der Waals surface area contributed by atoms with Gasteiger partial charge in [-0.3, -0.25) is 0 Å². The average molecular weight is 338 g/mol. The van der Waals surface area contributed by atoms with Crippen molar-refractivity contribution in [3.05, 3.63) is 57.6 Å². The normalized spacial score (nSPS) is 10.8. The number of aryl methyl sites for hydroxylation is 1. The number of nitrogens with one attached hydrogen (secondary N) is 1. The summed E-state index contributed by atoms with van der Waals surface area (Å²) in [6, 6.07) is 11.9. The largest absolute Gasteiger partial charge is 0.491 e. The summed E-state index contributed by atoms with van der Waals surface area (Å²) in [6.07, 6.45) is 0. The highest BCUT2D eigenvalue weighted by Gasteiger charge is 2.08. The maximum absolute atomic E-state index is 6.14. The first-order chi connectivity index (χ1) is 10.5. The number of hydrogen-bond donors (Lipinski definition) is 1. The second-order valence-electron chi connectivity index (χ2n) is 5.57. The van der Waals surface area contributed by atoms with Crippen molar-refractivity contribution in [2.75, 3.05) is 18.5 Å². The molecule has 0 spiro atoms. The van der Waals surface area contributed by atoms with Crippen LogP contribution < -0.4 is 10.1 Å². The Labute approximate surface area is 142 Å². The number of ether oxygens (including phenoxy) is 1. The molecule has 0 bridgehead atoms. The van der Waals surface area contributed by atoms with Crippen LogP contribution in [-0.4, -0.2) is 13.2 Å². The SMILES string of the molecule is Cc1ccc(C(C)C)c(OCCNc2cccc(Cl)c2Cl)c1. The number of hydrogen-bond acceptors (Lipinski definition) is 2. The van der Waals surface area contributed by atoms with Crippen molar-refractivity contribution < 1.29 is 4.74 Å². The van der Waals surface area contributed by atoms with Gasteiger partial charge < -0.3 is 10.1 Å². The molecular formula is C18H21Cl2NO. The Balaban J connectivity index is 1.94. The van der Waals surface area contributed by atoms with Gasteiger partial charge in [-0.2, -0.15) is 0 Å². The van der Waals surface area contributed by atoms with Crippen molar-refractivity contribution in [3.8, 4) is 5.75 Å². The summed E-state index contributed by atoms with van der Waals surface area (Å²) in [4.78, 5) is 0. The first kappa shape index (κ1) is 17.0. The van der Waals surface area contributed by atoms with E-state index >= 15 is 0 Å². The molecule has 2 rings (SSSR count). The second kappa shape index (κ2) is 7.75. The van der Waals surface area contributed by atoms with Gasteiger partial charge in [0.1, 0.15) is 12.4 Å². The van der Waals surface area contributed by atoms with E-state index in [1.165, 1.54) is 11.1 Å². The van der Waals surface area contributed by atoms with Gasteiger partial charge in [0.2, 0.25) is 0 Å². The van der Waals surface area contributed by atoms with Crippen LogP contribution in [0, 0.1) is 6.92 Å². The van der Waals surface area contributed by atoms with Crippen LogP contribution >= 0.6 is 23.2 Å². The van der Waals surface area contributed by atoms with Crippen LogP contribution in [0.15, 0.2) is 36.4 Å². The number of rotatable bonds is 6. The number of benzene rings is 2. The predicted molar refractivity (Wildman–Crippen MR) is 95.7 cm³/mol. The molecule has 118 valence electrons. The molecule has 0 fully saturated rings. The highest BCUT2D eigenvalue weighted by molar-refractivity contribution is 6.43. The van der Waals surface area contributed by atoms with Crippen molar-refractivity contribution in [1.82, 2.24) is 0 Å². The zero-order valence-electron chi connectivity index (χ0n) is 13.1. The first-order valence-corrected chi connectivity index (χ1v) is 8.16. The minimum absolute atomic E-state index is 0.436. The van der Waals surface area contributed by atoms with Crippen LogP contribution in [0.4, 0.5) is 5.69 Å². The van der Waals surface area contributed by atoms with E-state index in [-0.39, 0.29) is 0 Å². The van der Waals surface area contributed by atoms with Gasteiger partial charge in [0.15, 0.2) is 0 Å². The fourth-order valence-corrected chi connectivity index (χ4v) is 2.60. The molecule has 2 aromatic carbocycles. The van der Waals surface area contributed by atoms with Gasteiger partial charge in [0.25, 0.3) is 0 Å². The molecule has 0 heterocycles. The van der Waals surface area contributed by atoms with Gasteiger partial charge in [0.05, 0.1) is 15.7 Å². The summed E-state index contributed by atoms with van der Waals surface area (Å²) >= 11 is 12.1. The fraction of sp³-hybridized carbons (Fsp3) is 0.333. The molecule has 0 saturated carbocycles. The van der Waals surface area contributed by atoms with E-state index in [0.717, 1.165) is 11.4 Å². The van der Waals surface area contributed by atoms with Gasteiger partial charge in [0, 0.05) is 6.54 Å². The monoisotopic (exact) mass is 337 g/mol. The van der Waals surface area contributed by atoms with Crippen molar-refractivity contribution in [1.29, 1.82) is 0 Å². The molecule has 4 heteroatoms. The van der Waals surface area contributed by atoms with Crippen molar-refractivity contribution in [2.45, 2.75) is 26.7 Å². The maximum atomic E-state index is 6.14. The second-order valence-corrected chi connectivity index (χ2v) is 6.36. The Morgan fingerprint density at radius 1 is 1.14 bits per heavy atom. The Bertz CT molecular complexity index is 641. The van der Waals surface area contributed by atoms with E-state index in [0.29, 0.717) is 29.1 Å². The standard InChI is InChI=1S/C18H21Cl2NO/c1-12(2)14-8-7-13(3)11-17(14)22-10-9-21-16-6-4-5-15(19)18(16)20/h4-8,11-12,21H,9-10H2,1-3H3. The molecule has 22 heavy (non-hydrogen) atoms. The lowest BCUT2D eigenvalue weighted by atomic mass is 10.0. The third-order valence-electron chi connectivity index (χ3n) is 3.42. The lowest BCUT2D eigenvalue weighted by Crippen LogP contribution is -2.12. The molecule has 0 unspecified atom stereocenters. The lowest BCUT2D eigenvalue weighted by molar-refractivity contribution is 0.328. The molecule has 2 aromatic rings. The third kappa shape index (κ3) is 4.31. The van der Waals surface area contributed by atoms with Crippen LogP contribution in [0.1, 0.15) is 30.9 Å². The van der Waals surface area contributed by atoms with E-state index in [4.69, 9.17) is 27.9 Å². The summed E-state index contributed by atoms with van der Waals surface area (Å²) in [6.45, 7) is 7.63. The lowest BCUT2D eigenvalue weighted by Gasteiger charge is -2.15. The van der Waals surface area contributed by atoms with Crippen LogP contribution in [0.25, 0.3) is 0 Å². The van der Waals surface area contributed by atoms with Gasteiger partial charge in [-0.1, -0.05) is 55.2 Å². The molecule has 0 aliphatic carbocycles. The minimum Gasteiger partial charge on any atom is -0.491 e. The average Bonchev–Trinajstić information content (AvgIpc) is 2.47. The Morgan fingerprint density at radius 2 is 1.91 bits per heavy atom. The van der Waals surface area contributed by atoms with E-state index in [9.17, 15) is 0 Å². The van der Waals surface area contributed by atoms with Crippen LogP contribution in [0.2, 0.25) is 10.0 Å². The molecule has 0 aromatic heterocycles. The highest BCUT2D eigenvalue weighted by Crippen LogP contribution is 2.30. The van der Waals surface area contributed by atoms with E-state index < -0.39 is 0 Å². The van der Waals surface area contributed by atoms with Crippen LogP contribution in [0.5, 0.6) is 5.75 Å². The van der Waals surface area contributed by atoms with Gasteiger partial charge in [-0.05, 0) is 42.2 Å². The van der Waals surface area contributed by atoms with Crippen molar-refractivity contribution in [3.63, 3.8) is 0 Å². The number of halogens is 2. The first-order valence-electron chi connectivity index (χ1n) is 7.40. The molecule has 1 N–H and O–H groups in total. The highest BCUT2D eigenvalue weighted by atomic mass is 35.5. The topological polar surface area (TPSA) is 21.3 Å². The zero-order chi connectivity index (χ0) is 16.1. The van der Waals surface area contributed by atoms with Gasteiger partial charge in [-0.25, -0.2) is 0 Å². The Hall–Kier alpha value is -1.38. The molecule has 0 radical (unpaired) electrons. The maximum Gasteiger partial charge on any atom is 0.123 e. The van der Waals surface area contributed by atoms with E-state index in [1.54, 1.807) is 6.07 Å². The molecule has 0 saturated heterocycles. The molecule has 0 amide bonds. The third-order valence-corrected chi connectivity index (χ3v) is 4.24. The zero-order valence-corrected chi connectivity index (χ0v) is 14.6. The molecule has 2 nitrogen and oxygen atoms in total. The number of anilines is 1. The predicted octanol–water partition coefficient (Wildman–Crippen LogP) is 5.92. The molecule has 0 aliphatic rings. The summed E-state index contributed by atoms with van der Waals surface area (Å²) < 4.78 is 5.93. The Kier molecular flexibility index (Phi) is 5.98. The quantitative estimate of drug-likeness (QED) is 0.661. The summed E-state index contributed by atoms with van der Waals surface area (Å²) in [5, 5.41) is 4.34. The summed E-state index contributed by atoms with van der Waals surface area (Å²) in [7, 11) is 0. The fourth-order valence-electron chi connectivity index (χ4n) is 2.23. The molecular weight excluding hydrogens is 317 g/mol. The molecule has 0 aliphatic heterocycles. The minimum atomic E-state index is 0.436. The molecule has 0 atom stereocenters. The van der Waals surface area contributed by atoms with E-state index in [2.05, 4.69) is 44.3 Å².